The number of aliphatic hydroxyl groups excluding tert-OH is 2. The van der Waals surface area contributed by atoms with Gasteiger partial charge < -0.3 is 25.0 Å². The zero-order chi connectivity index (χ0) is 18.8. The van der Waals surface area contributed by atoms with Crippen LogP contribution in [-0.4, -0.2) is 59.8 Å². The van der Waals surface area contributed by atoms with Crippen molar-refractivity contribution in [3.05, 3.63) is 10.4 Å². The van der Waals surface area contributed by atoms with Crippen molar-refractivity contribution in [1.29, 1.82) is 0 Å². The van der Waals surface area contributed by atoms with Crippen molar-refractivity contribution in [2.45, 2.75) is 63.8 Å². The number of nitrogens with one attached hydrogen (secondary N) is 1. The molecule has 3 atom stereocenters. The first kappa shape index (κ1) is 22.0. The summed E-state index contributed by atoms with van der Waals surface area (Å²) < 4.78 is 9.72. The first-order valence-corrected chi connectivity index (χ1v) is 7.55. The second-order valence-electron chi connectivity index (χ2n) is 6.18. The largest absolute Gasteiger partial charge is 0.467 e. The highest BCUT2D eigenvalue weighted by molar-refractivity contribution is 5.81. The maximum absolute atomic E-state index is 11.8. The number of esters is 1. The van der Waals surface area contributed by atoms with Gasteiger partial charge in [-0.15, -0.1) is 0 Å². The lowest BCUT2D eigenvalue weighted by molar-refractivity contribution is -0.143. The van der Waals surface area contributed by atoms with Crippen molar-refractivity contribution in [2.75, 3.05) is 13.7 Å². The van der Waals surface area contributed by atoms with Crippen LogP contribution in [-0.2, 0) is 14.3 Å². The van der Waals surface area contributed by atoms with Gasteiger partial charge in [0.15, 0.2) is 0 Å². The molecule has 0 saturated carbocycles. The van der Waals surface area contributed by atoms with Crippen molar-refractivity contribution in [2.24, 2.45) is 5.11 Å². The highest BCUT2D eigenvalue weighted by Crippen LogP contribution is 2.13. The second kappa shape index (κ2) is 10.7. The lowest BCUT2D eigenvalue weighted by atomic mass is 10.0. The molecular weight excluding hydrogens is 320 g/mol. The zero-order valence-corrected chi connectivity index (χ0v) is 14.4. The van der Waals surface area contributed by atoms with Gasteiger partial charge in [0.25, 0.3) is 0 Å². The second-order valence-corrected chi connectivity index (χ2v) is 6.18. The van der Waals surface area contributed by atoms with E-state index in [0.717, 1.165) is 0 Å². The van der Waals surface area contributed by atoms with Crippen molar-refractivity contribution in [1.82, 2.24) is 5.32 Å². The molecule has 10 heteroatoms. The molecule has 0 fully saturated rings. The molecule has 0 aliphatic heterocycles. The van der Waals surface area contributed by atoms with E-state index in [1.807, 2.05) is 0 Å². The van der Waals surface area contributed by atoms with Crippen LogP contribution in [0.3, 0.4) is 0 Å². The molecule has 3 N–H and O–H groups in total. The minimum Gasteiger partial charge on any atom is -0.467 e. The van der Waals surface area contributed by atoms with Crippen LogP contribution in [0.25, 0.3) is 10.4 Å². The molecule has 0 unspecified atom stereocenters. The van der Waals surface area contributed by atoms with Gasteiger partial charge in [-0.3, -0.25) is 0 Å². The fourth-order valence-corrected chi connectivity index (χ4v) is 1.89. The lowest BCUT2D eigenvalue weighted by Crippen LogP contribution is -2.44. The van der Waals surface area contributed by atoms with Gasteiger partial charge in [0, 0.05) is 4.91 Å². The van der Waals surface area contributed by atoms with Gasteiger partial charge in [-0.2, -0.15) is 0 Å². The predicted octanol–water partition coefficient (Wildman–Crippen LogP) is 1.26. The molecule has 0 saturated heterocycles. The molecule has 0 aliphatic carbocycles. The summed E-state index contributed by atoms with van der Waals surface area (Å²) in [5, 5.41) is 24.3. The van der Waals surface area contributed by atoms with Crippen molar-refractivity contribution in [3.8, 4) is 0 Å². The summed E-state index contributed by atoms with van der Waals surface area (Å²) in [5.41, 5.74) is 7.76. The van der Waals surface area contributed by atoms with Crippen LogP contribution in [0, 0.1) is 0 Å². The summed E-state index contributed by atoms with van der Waals surface area (Å²) in [4.78, 5) is 26.1. The number of carbonyl (C=O) groups excluding carboxylic acids is 2. The Morgan fingerprint density at radius 2 is 1.96 bits per heavy atom. The summed E-state index contributed by atoms with van der Waals surface area (Å²) >= 11 is 0. The summed E-state index contributed by atoms with van der Waals surface area (Å²) in [5.74, 6) is -0.635. The predicted molar refractivity (Wildman–Crippen MR) is 85.1 cm³/mol. The SMILES string of the molecule is COC(=O)[C@H](CCC[C@H](N=[N+]=[N-])[C@H](O)CO)NC(=O)OC(C)(C)C. The van der Waals surface area contributed by atoms with E-state index < -0.39 is 42.5 Å². The first-order chi connectivity index (χ1) is 11.1. The van der Waals surface area contributed by atoms with E-state index in [2.05, 4.69) is 20.1 Å². The topological polar surface area (TPSA) is 154 Å². The van der Waals surface area contributed by atoms with Crippen LogP contribution in [0.2, 0.25) is 0 Å². The molecule has 138 valence electrons. The van der Waals surface area contributed by atoms with E-state index in [4.69, 9.17) is 15.4 Å². The summed E-state index contributed by atoms with van der Waals surface area (Å²) in [6.07, 6.45) is -1.16. The quantitative estimate of drug-likeness (QED) is 0.247. The molecule has 24 heavy (non-hydrogen) atoms. The van der Waals surface area contributed by atoms with Crippen molar-refractivity contribution >= 4 is 12.1 Å². The van der Waals surface area contributed by atoms with Crippen LogP contribution in [0.15, 0.2) is 5.11 Å². The summed E-state index contributed by atoms with van der Waals surface area (Å²) in [6.45, 7) is 4.54. The van der Waals surface area contributed by atoms with E-state index in [9.17, 15) is 14.7 Å². The molecule has 0 spiro atoms. The fourth-order valence-electron chi connectivity index (χ4n) is 1.89. The molecule has 0 radical (unpaired) electrons. The Kier molecular flexibility index (Phi) is 9.79. The third kappa shape index (κ3) is 9.19. The molecule has 10 nitrogen and oxygen atoms in total. The number of methoxy groups -OCH3 is 1. The van der Waals surface area contributed by atoms with Gasteiger partial charge in [0.05, 0.1) is 25.9 Å². The number of hydrogen-bond acceptors (Lipinski definition) is 7. The van der Waals surface area contributed by atoms with Crippen LogP contribution >= 0.6 is 0 Å². The molecule has 0 aromatic rings. The Bertz CT molecular complexity index is 459. The monoisotopic (exact) mass is 346 g/mol. The minimum absolute atomic E-state index is 0.196. The molecular formula is C14H26N4O6. The van der Waals surface area contributed by atoms with E-state index >= 15 is 0 Å². The Morgan fingerprint density at radius 1 is 1.33 bits per heavy atom. The number of alkyl carbamates (subject to hydrolysis) is 1. The summed E-state index contributed by atoms with van der Waals surface area (Å²) in [7, 11) is 1.20. The maximum atomic E-state index is 11.8. The molecule has 0 rings (SSSR count). The minimum atomic E-state index is -1.18. The maximum Gasteiger partial charge on any atom is 0.408 e. The first-order valence-electron chi connectivity index (χ1n) is 7.55. The Labute approximate surface area is 140 Å². The number of amides is 1. The number of aliphatic hydroxyl groups is 2. The highest BCUT2D eigenvalue weighted by atomic mass is 16.6. The molecule has 0 bridgehead atoms. The molecule has 0 aromatic heterocycles. The number of carbonyl (C=O) groups is 2. The number of nitrogens with zero attached hydrogens (tertiary/aromatic N) is 3. The van der Waals surface area contributed by atoms with Gasteiger partial charge in [-0.05, 0) is 39.1 Å². The molecule has 1 amide bonds. The Balaban J connectivity index is 4.66. The Hall–Kier alpha value is -2.03. The van der Waals surface area contributed by atoms with Crippen LogP contribution in [0.1, 0.15) is 40.0 Å². The number of ether oxygens (including phenoxy) is 2. The smallest absolute Gasteiger partial charge is 0.408 e. The zero-order valence-electron chi connectivity index (χ0n) is 14.4. The van der Waals surface area contributed by atoms with Gasteiger partial charge >= 0.3 is 12.1 Å². The average Bonchev–Trinajstić information content (AvgIpc) is 2.49. The van der Waals surface area contributed by atoms with Gasteiger partial charge in [0.1, 0.15) is 11.6 Å². The molecule has 0 aromatic carbocycles. The van der Waals surface area contributed by atoms with Crippen LogP contribution < -0.4 is 5.32 Å². The average molecular weight is 346 g/mol. The van der Waals surface area contributed by atoms with E-state index in [-0.39, 0.29) is 12.8 Å². The van der Waals surface area contributed by atoms with Crippen LogP contribution in [0.5, 0.6) is 0 Å². The molecule has 0 heterocycles. The number of azide groups is 1. The van der Waals surface area contributed by atoms with Gasteiger partial charge in [-0.1, -0.05) is 11.5 Å². The third-order valence-corrected chi connectivity index (χ3v) is 3.00. The normalized spacial score (nSPS) is 14.8. The lowest BCUT2D eigenvalue weighted by Gasteiger charge is -2.23. The van der Waals surface area contributed by atoms with Gasteiger partial charge in [-0.25, -0.2) is 9.59 Å². The van der Waals surface area contributed by atoms with Crippen molar-refractivity contribution < 1.29 is 29.3 Å². The van der Waals surface area contributed by atoms with E-state index in [1.54, 1.807) is 20.8 Å². The third-order valence-electron chi connectivity index (χ3n) is 3.00. The Morgan fingerprint density at radius 3 is 2.42 bits per heavy atom. The van der Waals surface area contributed by atoms with Crippen LogP contribution in [0.4, 0.5) is 4.79 Å². The van der Waals surface area contributed by atoms with Gasteiger partial charge in [0.2, 0.25) is 0 Å². The molecule has 0 aliphatic rings. The fraction of sp³-hybridized carbons (Fsp3) is 0.857. The van der Waals surface area contributed by atoms with E-state index in [0.29, 0.717) is 6.42 Å². The van der Waals surface area contributed by atoms with Crippen molar-refractivity contribution in [3.63, 3.8) is 0 Å². The number of hydrogen-bond donors (Lipinski definition) is 3. The standard InChI is InChI=1S/C14H26N4O6/c1-14(2,3)24-13(22)16-10(12(21)23-4)7-5-6-9(17-18-15)11(20)8-19/h9-11,19-20H,5-8H2,1-4H3,(H,16,22)/t9-,10-,11+/m0/s1. The number of rotatable bonds is 9. The highest BCUT2D eigenvalue weighted by Gasteiger charge is 2.25. The van der Waals surface area contributed by atoms with E-state index in [1.165, 1.54) is 7.11 Å². The summed E-state index contributed by atoms with van der Waals surface area (Å²) in [6, 6.07) is -1.75.